The number of fused-ring (bicyclic) bond motifs is 2. The first-order valence-electron chi connectivity index (χ1n) is 10.3. The van der Waals surface area contributed by atoms with Gasteiger partial charge in [-0.1, -0.05) is 13.8 Å². The zero-order chi connectivity index (χ0) is 22.2. The van der Waals surface area contributed by atoms with E-state index >= 15 is 8.78 Å². The Balaban J connectivity index is 0.00000245. The van der Waals surface area contributed by atoms with E-state index in [2.05, 4.69) is 13.8 Å². The van der Waals surface area contributed by atoms with Gasteiger partial charge in [0.1, 0.15) is 11.4 Å². The summed E-state index contributed by atoms with van der Waals surface area (Å²) in [5, 5.41) is 9.13. The van der Waals surface area contributed by atoms with Crippen LogP contribution in [0.15, 0.2) is 23.1 Å². The molecular formula is C23H23ClF2N2O3S. The molecule has 0 spiro atoms. The van der Waals surface area contributed by atoms with Crippen LogP contribution in [0.4, 0.5) is 8.78 Å². The molecule has 1 saturated carbocycles. The second-order valence-electron chi connectivity index (χ2n) is 9.23. The number of carboxylic acid groups (broad SMARTS) is 1. The van der Waals surface area contributed by atoms with Crippen molar-refractivity contribution in [1.29, 1.82) is 0 Å². The van der Waals surface area contributed by atoms with Gasteiger partial charge in [-0.05, 0) is 48.8 Å². The largest absolute Gasteiger partial charge is 0.477 e. The van der Waals surface area contributed by atoms with Crippen LogP contribution < -0.4 is 11.2 Å². The molecule has 3 aromatic rings. The summed E-state index contributed by atoms with van der Waals surface area (Å²) in [5.74, 6) is -3.12. The van der Waals surface area contributed by atoms with Gasteiger partial charge in [0.2, 0.25) is 5.43 Å². The first kappa shape index (κ1) is 22.9. The van der Waals surface area contributed by atoms with E-state index in [-0.39, 0.29) is 46.4 Å². The Morgan fingerprint density at radius 1 is 1.28 bits per heavy atom. The van der Waals surface area contributed by atoms with Crippen LogP contribution in [0, 0.1) is 17.0 Å². The molecule has 2 aromatic heterocycles. The predicted octanol–water partition coefficient (Wildman–Crippen LogP) is 5.44. The minimum absolute atomic E-state index is 0. The lowest BCUT2D eigenvalue weighted by Crippen LogP contribution is -2.32. The summed E-state index contributed by atoms with van der Waals surface area (Å²) in [5.41, 5.74) is 5.76. The van der Waals surface area contributed by atoms with Gasteiger partial charge in [0.15, 0.2) is 5.82 Å². The molecule has 1 atom stereocenters. The lowest BCUT2D eigenvalue weighted by Gasteiger charge is -2.35. The van der Waals surface area contributed by atoms with E-state index in [1.54, 1.807) is 6.07 Å². The maximum absolute atomic E-state index is 15.8. The van der Waals surface area contributed by atoms with Crippen LogP contribution in [0.3, 0.4) is 0 Å². The molecule has 0 bridgehead atoms. The Morgan fingerprint density at radius 3 is 2.59 bits per heavy atom. The third kappa shape index (κ3) is 3.36. The lowest BCUT2D eigenvalue weighted by molar-refractivity contribution is 0.0694. The summed E-state index contributed by atoms with van der Waals surface area (Å²) in [6.45, 7) is 4.18. The van der Waals surface area contributed by atoms with Crippen molar-refractivity contribution >= 4 is 40.6 Å². The average Bonchev–Trinajstić information content (AvgIpc) is 3.45. The molecule has 5 rings (SSSR count). The second-order valence-corrected chi connectivity index (χ2v) is 10.3. The number of halogens is 3. The molecule has 170 valence electrons. The van der Waals surface area contributed by atoms with Gasteiger partial charge in [-0.3, -0.25) is 4.79 Å². The fourth-order valence-electron chi connectivity index (χ4n) is 4.45. The third-order valence-electron chi connectivity index (χ3n) is 6.63. The molecule has 0 aliphatic heterocycles. The highest BCUT2D eigenvalue weighted by molar-refractivity contribution is 7.15. The molecule has 9 heteroatoms. The van der Waals surface area contributed by atoms with Gasteiger partial charge >= 0.3 is 5.97 Å². The first-order valence-corrected chi connectivity index (χ1v) is 11.1. The number of carbonyl (C=O) groups is 1. The number of nitrogens with two attached hydrogens (primary N) is 1. The maximum Gasteiger partial charge on any atom is 0.341 e. The monoisotopic (exact) mass is 480 g/mol. The molecule has 2 heterocycles. The van der Waals surface area contributed by atoms with Crippen molar-refractivity contribution in [3.8, 4) is 10.4 Å². The molecule has 1 fully saturated rings. The molecule has 0 radical (unpaired) electrons. The van der Waals surface area contributed by atoms with Crippen molar-refractivity contribution < 1.29 is 18.7 Å². The van der Waals surface area contributed by atoms with E-state index in [4.69, 9.17) is 5.73 Å². The number of nitrogens with zero attached hydrogens (tertiary/aromatic N) is 1. The number of hydrogen-bond donors (Lipinski definition) is 2. The van der Waals surface area contributed by atoms with Gasteiger partial charge in [0, 0.05) is 28.0 Å². The van der Waals surface area contributed by atoms with E-state index < -0.39 is 28.6 Å². The molecule has 0 saturated heterocycles. The van der Waals surface area contributed by atoms with E-state index in [0.29, 0.717) is 4.88 Å². The van der Waals surface area contributed by atoms with Gasteiger partial charge in [-0.2, -0.15) is 0 Å². The summed E-state index contributed by atoms with van der Waals surface area (Å²) in [4.78, 5) is 25.5. The zero-order valence-electron chi connectivity index (χ0n) is 17.6. The highest BCUT2D eigenvalue weighted by Gasteiger charge is 2.36. The predicted molar refractivity (Wildman–Crippen MR) is 123 cm³/mol. The molecule has 1 aromatic carbocycles. The van der Waals surface area contributed by atoms with Crippen LogP contribution in [-0.4, -0.2) is 15.6 Å². The van der Waals surface area contributed by atoms with E-state index in [9.17, 15) is 14.7 Å². The van der Waals surface area contributed by atoms with Gasteiger partial charge in [0.25, 0.3) is 0 Å². The summed E-state index contributed by atoms with van der Waals surface area (Å²) < 4.78 is 32.5. The number of aromatic carboxylic acids is 1. The van der Waals surface area contributed by atoms with Crippen LogP contribution >= 0.6 is 23.7 Å². The molecule has 1 unspecified atom stereocenters. The number of rotatable bonds is 3. The van der Waals surface area contributed by atoms with Crippen molar-refractivity contribution in [2.24, 2.45) is 11.1 Å². The molecule has 2 aliphatic carbocycles. The SMILES string of the molecule is CC1(C)CCc2cc(-c3c(F)cc4c(=O)c(C(=O)O)cn(C5CC5)c4c3F)sc2C1N.Cl. The summed E-state index contributed by atoms with van der Waals surface area (Å²) in [6.07, 6.45) is 4.37. The zero-order valence-corrected chi connectivity index (χ0v) is 19.2. The smallest absolute Gasteiger partial charge is 0.341 e. The van der Waals surface area contributed by atoms with Crippen molar-refractivity contribution in [3.05, 3.63) is 56.2 Å². The number of benzene rings is 1. The van der Waals surface area contributed by atoms with Crippen molar-refractivity contribution in [2.75, 3.05) is 0 Å². The Bertz CT molecular complexity index is 1330. The number of aromatic nitrogens is 1. The fraction of sp³-hybridized carbons (Fsp3) is 0.391. The third-order valence-corrected chi connectivity index (χ3v) is 7.91. The molecular weight excluding hydrogens is 458 g/mol. The number of hydrogen-bond acceptors (Lipinski definition) is 4. The highest BCUT2D eigenvalue weighted by Crippen LogP contribution is 2.48. The average molecular weight is 481 g/mol. The lowest BCUT2D eigenvalue weighted by atomic mass is 9.74. The van der Waals surface area contributed by atoms with Crippen LogP contribution in [0.25, 0.3) is 21.3 Å². The van der Waals surface area contributed by atoms with E-state index in [1.807, 2.05) is 0 Å². The fourth-order valence-corrected chi connectivity index (χ4v) is 5.92. The summed E-state index contributed by atoms with van der Waals surface area (Å²) in [7, 11) is 0. The Morgan fingerprint density at radius 2 is 1.97 bits per heavy atom. The Hall–Kier alpha value is -2.29. The number of carboxylic acids is 1. The van der Waals surface area contributed by atoms with Gasteiger partial charge in [0.05, 0.1) is 16.5 Å². The van der Waals surface area contributed by atoms with E-state index in [0.717, 1.165) is 42.2 Å². The molecule has 0 amide bonds. The standard InChI is InChI=1S/C23H22F2N2O3S.ClH/c1-23(2)6-5-10-7-15(31-20(10)21(23)26)16-14(24)8-12-18(17(16)25)27(11-3-4-11)9-13(19(12)28)22(29)30;/h7-9,11,21H,3-6,26H2,1-2H3,(H,29,30);1H. The minimum Gasteiger partial charge on any atom is -0.477 e. The van der Waals surface area contributed by atoms with Gasteiger partial charge in [-0.25, -0.2) is 13.6 Å². The highest BCUT2D eigenvalue weighted by atomic mass is 35.5. The van der Waals surface area contributed by atoms with Crippen LogP contribution in [0.2, 0.25) is 0 Å². The van der Waals surface area contributed by atoms with Gasteiger partial charge in [-0.15, -0.1) is 23.7 Å². The first-order chi connectivity index (χ1) is 14.6. The quantitative estimate of drug-likeness (QED) is 0.523. The summed E-state index contributed by atoms with van der Waals surface area (Å²) >= 11 is 1.29. The Labute approximate surface area is 193 Å². The molecule has 32 heavy (non-hydrogen) atoms. The number of aryl methyl sites for hydroxylation is 1. The Kier molecular flexibility index (Phi) is 5.47. The minimum atomic E-state index is -1.41. The molecule has 5 nitrogen and oxygen atoms in total. The summed E-state index contributed by atoms with van der Waals surface area (Å²) in [6, 6.07) is 2.46. The number of thiophene rings is 1. The second kappa shape index (κ2) is 7.64. The van der Waals surface area contributed by atoms with E-state index in [1.165, 1.54) is 22.1 Å². The van der Waals surface area contributed by atoms with Crippen molar-refractivity contribution in [2.45, 2.75) is 51.6 Å². The van der Waals surface area contributed by atoms with Crippen LogP contribution in [0.5, 0.6) is 0 Å². The topological polar surface area (TPSA) is 85.3 Å². The number of pyridine rings is 1. The van der Waals surface area contributed by atoms with Crippen molar-refractivity contribution in [1.82, 2.24) is 4.57 Å². The van der Waals surface area contributed by atoms with Crippen LogP contribution in [0.1, 0.15) is 66.0 Å². The molecule has 2 aliphatic rings. The van der Waals surface area contributed by atoms with Crippen LogP contribution in [-0.2, 0) is 6.42 Å². The van der Waals surface area contributed by atoms with Crippen molar-refractivity contribution in [3.63, 3.8) is 0 Å². The molecule has 3 N–H and O–H groups in total. The normalized spacial score (nSPS) is 19.5. The maximum atomic E-state index is 15.8. The van der Waals surface area contributed by atoms with Gasteiger partial charge < -0.3 is 15.4 Å².